The van der Waals surface area contributed by atoms with E-state index >= 15 is 0 Å². The van der Waals surface area contributed by atoms with E-state index in [0.29, 0.717) is 37.2 Å². The fraction of sp³-hybridized carbons (Fsp3) is 0.350. The maximum Gasteiger partial charge on any atom is 0.573 e. The zero-order valence-corrected chi connectivity index (χ0v) is 18.7. The van der Waals surface area contributed by atoms with Crippen molar-refractivity contribution >= 4 is 41.3 Å². The standard InChI is InChI=1S/C20H22F4N4O2.HI/c21-15-11-13(5-6-17(15)28-9-7-14(29)8-10-28)12-26-19(25)27-16-3-1-2-4-18(16)30-20(22,23)24;/h1-6,11,14,29H,7-10,12H2,(H3,25,26,27);1H. The Morgan fingerprint density at radius 3 is 2.52 bits per heavy atom. The van der Waals surface area contributed by atoms with Crippen LogP contribution in [0.5, 0.6) is 5.75 Å². The Labute approximate surface area is 194 Å². The van der Waals surface area contributed by atoms with E-state index in [2.05, 4.69) is 15.0 Å². The molecule has 1 fully saturated rings. The normalized spacial score (nSPS) is 15.4. The molecule has 0 saturated carbocycles. The van der Waals surface area contributed by atoms with Crippen LogP contribution in [-0.2, 0) is 6.54 Å². The summed E-state index contributed by atoms with van der Waals surface area (Å²) < 4.78 is 55.9. The lowest BCUT2D eigenvalue weighted by molar-refractivity contribution is -0.274. The number of para-hydroxylation sites is 2. The highest BCUT2D eigenvalue weighted by Crippen LogP contribution is 2.30. The van der Waals surface area contributed by atoms with Crippen LogP contribution in [0.15, 0.2) is 47.5 Å². The lowest BCUT2D eigenvalue weighted by Crippen LogP contribution is -2.36. The molecule has 170 valence electrons. The monoisotopic (exact) mass is 554 g/mol. The van der Waals surface area contributed by atoms with Crippen LogP contribution in [0, 0.1) is 5.82 Å². The van der Waals surface area contributed by atoms with Gasteiger partial charge in [-0.05, 0) is 42.7 Å². The molecule has 2 aromatic carbocycles. The van der Waals surface area contributed by atoms with Crippen molar-refractivity contribution in [2.45, 2.75) is 31.9 Å². The molecule has 1 aliphatic heterocycles. The molecule has 3 rings (SSSR count). The predicted octanol–water partition coefficient (Wildman–Crippen LogP) is 4.23. The quantitative estimate of drug-likeness (QED) is 0.223. The van der Waals surface area contributed by atoms with Gasteiger partial charge in [0.25, 0.3) is 0 Å². The third-order valence-electron chi connectivity index (χ3n) is 4.62. The van der Waals surface area contributed by atoms with E-state index in [1.165, 1.54) is 24.3 Å². The molecule has 1 heterocycles. The summed E-state index contributed by atoms with van der Waals surface area (Å²) in [7, 11) is 0. The van der Waals surface area contributed by atoms with Gasteiger partial charge in [0.2, 0.25) is 0 Å². The molecule has 0 unspecified atom stereocenters. The Morgan fingerprint density at radius 1 is 1.19 bits per heavy atom. The molecule has 1 aliphatic rings. The van der Waals surface area contributed by atoms with E-state index in [9.17, 15) is 22.7 Å². The van der Waals surface area contributed by atoms with Gasteiger partial charge in [-0.3, -0.25) is 0 Å². The van der Waals surface area contributed by atoms with Crippen LogP contribution in [0.4, 0.5) is 28.9 Å². The van der Waals surface area contributed by atoms with E-state index in [4.69, 9.17) is 5.73 Å². The number of aliphatic hydroxyl groups excluding tert-OH is 1. The molecule has 2 aromatic rings. The number of halogens is 5. The van der Waals surface area contributed by atoms with Gasteiger partial charge in [-0.25, -0.2) is 9.38 Å². The minimum Gasteiger partial charge on any atom is -0.404 e. The zero-order chi connectivity index (χ0) is 21.7. The summed E-state index contributed by atoms with van der Waals surface area (Å²) in [5, 5.41) is 12.1. The first-order valence-electron chi connectivity index (χ1n) is 9.34. The second-order valence-corrected chi connectivity index (χ2v) is 6.87. The topological polar surface area (TPSA) is 83.1 Å². The smallest absolute Gasteiger partial charge is 0.404 e. The molecule has 0 aromatic heterocycles. The van der Waals surface area contributed by atoms with Crippen molar-refractivity contribution in [2.24, 2.45) is 10.7 Å². The third kappa shape index (κ3) is 7.42. The van der Waals surface area contributed by atoms with E-state index in [1.807, 2.05) is 4.90 Å². The summed E-state index contributed by atoms with van der Waals surface area (Å²) in [6.07, 6.45) is -4.00. The molecule has 0 spiro atoms. The third-order valence-corrected chi connectivity index (χ3v) is 4.62. The Bertz CT molecular complexity index is 903. The Morgan fingerprint density at radius 2 is 1.87 bits per heavy atom. The van der Waals surface area contributed by atoms with Crippen molar-refractivity contribution in [3.8, 4) is 5.75 Å². The number of nitrogens with two attached hydrogens (primary N) is 1. The van der Waals surface area contributed by atoms with Crippen LogP contribution in [-0.4, -0.2) is 36.6 Å². The number of ether oxygens (including phenoxy) is 1. The molecule has 0 amide bonds. The number of hydrogen-bond acceptors (Lipinski definition) is 4. The number of anilines is 2. The Balaban J connectivity index is 0.00000341. The number of aliphatic imine (C=N–C) groups is 1. The molecule has 1 saturated heterocycles. The van der Waals surface area contributed by atoms with Gasteiger partial charge in [-0.15, -0.1) is 37.1 Å². The van der Waals surface area contributed by atoms with E-state index in [0.717, 1.165) is 6.07 Å². The van der Waals surface area contributed by atoms with E-state index < -0.39 is 17.9 Å². The SMILES string of the molecule is I.NC(=NCc1ccc(N2CCC(O)CC2)c(F)c1)Nc1ccccc1OC(F)(F)F. The minimum absolute atomic E-state index is 0. The largest absolute Gasteiger partial charge is 0.573 e. The average Bonchev–Trinajstić information content (AvgIpc) is 2.68. The lowest BCUT2D eigenvalue weighted by Gasteiger charge is -2.31. The number of guanidine groups is 1. The molecule has 0 atom stereocenters. The molecule has 11 heteroatoms. The van der Waals surface area contributed by atoms with Gasteiger partial charge in [-0.2, -0.15) is 0 Å². The van der Waals surface area contributed by atoms with Crippen LogP contribution in [0.25, 0.3) is 0 Å². The van der Waals surface area contributed by atoms with Crippen LogP contribution in [0.1, 0.15) is 18.4 Å². The number of alkyl halides is 3. The highest BCUT2D eigenvalue weighted by molar-refractivity contribution is 14.0. The van der Waals surface area contributed by atoms with Crippen molar-refractivity contribution in [1.82, 2.24) is 0 Å². The van der Waals surface area contributed by atoms with Gasteiger partial charge in [0.05, 0.1) is 24.0 Å². The van der Waals surface area contributed by atoms with Crippen LogP contribution in [0.3, 0.4) is 0 Å². The molecular weight excluding hydrogens is 531 g/mol. The zero-order valence-electron chi connectivity index (χ0n) is 16.4. The first-order chi connectivity index (χ1) is 14.2. The molecule has 6 nitrogen and oxygen atoms in total. The maximum atomic E-state index is 14.5. The van der Waals surface area contributed by atoms with Gasteiger partial charge in [0.1, 0.15) is 5.82 Å². The molecule has 0 bridgehead atoms. The first-order valence-corrected chi connectivity index (χ1v) is 9.34. The van der Waals surface area contributed by atoms with Gasteiger partial charge in [0, 0.05) is 13.1 Å². The van der Waals surface area contributed by atoms with Crippen LogP contribution < -0.4 is 20.7 Å². The number of piperidine rings is 1. The summed E-state index contributed by atoms with van der Waals surface area (Å²) in [6.45, 7) is 1.19. The Hall–Kier alpha value is -2.28. The number of rotatable bonds is 5. The summed E-state index contributed by atoms with van der Waals surface area (Å²) in [4.78, 5) is 5.93. The second kappa shape index (κ2) is 10.8. The molecular formula is C20H23F4IN4O2. The summed E-state index contributed by atoms with van der Waals surface area (Å²) in [6, 6.07) is 10.1. The highest BCUT2D eigenvalue weighted by atomic mass is 127. The van der Waals surface area contributed by atoms with Crippen molar-refractivity contribution in [1.29, 1.82) is 0 Å². The minimum atomic E-state index is -4.84. The summed E-state index contributed by atoms with van der Waals surface area (Å²) in [5.74, 6) is -0.984. The molecule has 31 heavy (non-hydrogen) atoms. The number of aliphatic hydroxyl groups is 1. The van der Waals surface area contributed by atoms with E-state index in [-0.39, 0.29) is 48.3 Å². The van der Waals surface area contributed by atoms with Crippen LogP contribution >= 0.6 is 24.0 Å². The average molecular weight is 554 g/mol. The molecule has 4 N–H and O–H groups in total. The number of nitrogens with one attached hydrogen (secondary N) is 1. The second-order valence-electron chi connectivity index (χ2n) is 6.87. The van der Waals surface area contributed by atoms with Gasteiger partial charge in [0.15, 0.2) is 11.7 Å². The van der Waals surface area contributed by atoms with Gasteiger partial charge in [-0.1, -0.05) is 18.2 Å². The number of hydrogen-bond donors (Lipinski definition) is 3. The Kier molecular flexibility index (Phi) is 8.74. The van der Waals surface area contributed by atoms with Gasteiger partial charge >= 0.3 is 6.36 Å². The number of benzene rings is 2. The summed E-state index contributed by atoms with van der Waals surface area (Å²) in [5.41, 5.74) is 6.78. The number of nitrogens with zero attached hydrogens (tertiary/aromatic N) is 2. The first kappa shape index (κ1) is 25.0. The maximum absolute atomic E-state index is 14.5. The van der Waals surface area contributed by atoms with Crippen molar-refractivity contribution in [3.05, 3.63) is 53.8 Å². The van der Waals surface area contributed by atoms with Crippen molar-refractivity contribution in [3.63, 3.8) is 0 Å². The van der Waals surface area contributed by atoms with Crippen LogP contribution in [0.2, 0.25) is 0 Å². The molecule has 0 aliphatic carbocycles. The van der Waals surface area contributed by atoms with Crippen molar-refractivity contribution < 1.29 is 27.4 Å². The predicted molar refractivity (Wildman–Crippen MR) is 121 cm³/mol. The fourth-order valence-electron chi connectivity index (χ4n) is 3.15. The lowest BCUT2D eigenvalue weighted by atomic mass is 10.1. The highest BCUT2D eigenvalue weighted by Gasteiger charge is 2.32. The fourth-order valence-corrected chi connectivity index (χ4v) is 3.15. The van der Waals surface area contributed by atoms with Gasteiger partial charge < -0.3 is 25.8 Å². The molecule has 0 radical (unpaired) electrons. The van der Waals surface area contributed by atoms with Crippen molar-refractivity contribution in [2.75, 3.05) is 23.3 Å². The van der Waals surface area contributed by atoms with E-state index in [1.54, 1.807) is 12.1 Å². The summed E-state index contributed by atoms with van der Waals surface area (Å²) >= 11 is 0.